The molecule has 2 rings (SSSR count). The summed E-state index contributed by atoms with van der Waals surface area (Å²) in [7, 11) is 0. The van der Waals surface area contributed by atoms with E-state index in [9.17, 15) is 4.79 Å². The first-order valence-electron chi connectivity index (χ1n) is 7.17. The van der Waals surface area contributed by atoms with Crippen LogP contribution in [0, 0.1) is 17.2 Å². The lowest BCUT2D eigenvalue weighted by Crippen LogP contribution is -2.13. The number of rotatable bonds is 7. The molecular weight excluding hydrogens is 366 g/mol. The number of carbonyl (C=O) groups is 1. The average molecular weight is 382 g/mol. The number of hydrogen-bond acceptors (Lipinski definition) is 7. The van der Waals surface area contributed by atoms with Crippen molar-refractivity contribution in [1.29, 1.82) is 5.26 Å². The van der Waals surface area contributed by atoms with Gasteiger partial charge in [-0.05, 0) is 24.1 Å². The van der Waals surface area contributed by atoms with E-state index in [1.165, 1.54) is 23.1 Å². The van der Waals surface area contributed by atoms with E-state index in [2.05, 4.69) is 34.7 Å². The molecule has 0 spiro atoms. The van der Waals surface area contributed by atoms with Gasteiger partial charge in [-0.3, -0.25) is 4.79 Å². The Morgan fingerprint density at radius 3 is 2.92 bits per heavy atom. The highest BCUT2D eigenvalue weighted by Gasteiger charge is 2.09. The predicted molar refractivity (Wildman–Crippen MR) is 98.8 cm³/mol. The maximum atomic E-state index is 12.0. The number of hydrogen-bond donors (Lipinski definition) is 2. The number of amides is 1. The van der Waals surface area contributed by atoms with Crippen LogP contribution in [0.1, 0.15) is 19.4 Å². The molecule has 1 aromatic heterocycles. The quantitative estimate of drug-likeness (QED) is 0.707. The zero-order valence-electron chi connectivity index (χ0n) is 13.2. The molecule has 24 heavy (non-hydrogen) atoms. The number of thioether (sulfide) groups is 1. The third-order valence-electron chi connectivity index (χ3n) is 2.77. The van der Waals surface area contributed by atoms with Crippen LogP contribution in [0.3, 0.4) is 0 Å². The van der Waals surface area contributed by atoms with E-state index in [-0.39, 0.29) is 11.7 Å². The lowest BCUT2D eigenvalue weighted by Gasteiger charge is -2.05. The van der Waals surface area contributed by atoms with Crippen molar-refractivity contribution in [3.8, 4) is 6.07 Å². The maximum Gasteiger partial charge on any atom is 0.234 e. The fourth-order valence-electron chi connectivity index (χ4n) is 1.64. The number of nitrogens with one attached hydrogen (secondary N) is 2. The topological polar surface area (TPSA) is 90.7 Å². The zero-order valence-corrected chi connectivity index (χ0v) is 15.6. The minimum Gasteiger partial charge on any atom is -0.360 e. The standard InChI is InChI=1S/C15H16ClN5OS2/c1-9(2)7-18-14-20-21-15(24-14)23-8-13(22)19-11-4-3-10(6-17)12(16)5-11/h3-5,9H,7-8H2,1-2H3,(H,18,20)(H,19,22). The van der Waals surface area contributed by atoms with Crippen molar-refractivity contribution in [1.82, 2.24) is 10.2 Å². The molecule has 0 aliphatic carbocycles. The Balaban J connectivity index is 1.83. The summed E-state index contributed by atoms with van der Waals surface area (Å²) in [6.45, 7) is 5.06. The highest BCUT2D eigenvalue weighted by atomic mass is 35.5. The molecule has 1 heterocycles. The number of nitrogens with zero attached hydrogens (tertiary/aromatic N) is 3. The summed E-state index contributed by atoms with van der Waals surface area (Å²) in [4.78, 5) is 12.0. The molecule has 0 fully saturated rings. The van der Waals surface area contributed by atoms with Crippen LogP contribution in [0.5, 0.6) is 0 Å². The number of halogens is 1. The van der Waals surface area contributed by atoms with Gasteiger partial charge < -0.3 is 10.6 Å². The van der Waals surface area contributed by atoms with Crippen LogP contribution in [-0.4, -0.2) is 28.4 Å². The van der Waals surface area contributed by atoms with Crippen LogP contribution >= 0.6 is 34.7 Å². The number of aromatic nitrogens is 2. The van der Waals surface area contributed by atoms with E-state index in [1.807, 2.05) is 6.07 Å². The first-order valence-corrected chi connectivity index (χ1v) is 9.35. The molecule has 2 aromatic rings. The van der Waals surface area contributed by atoms with Gasteiger partial charge in [0.2, 0.25) is 11.0 Å². The van der Waals surface area contributed by atoms with Crippen molar-refractivity contribution in [3.05, 3.63) is 28.8 Å². The summed E-state index contributed by atoms with van der Waals surface area (Å²) >= 11 is 8.68. The van der Waals surface area contributed by atoms with Crippen molar-refractivity contribution in [3.63, 3.8) is 0 Å². The second-order valence-corrected chi connectivity index (χ2v) is 7.90. The predicted octanol–water partition coefficient (Wildman–Crippen LogP) is 3.86. The Kier molecular flexibility index (Phi) is 6.85. The van der Waals surface area contributed by atoms with Gasteiger partial charge >= 0.3 is 0 Å². The summed E-state index contributed by atoms with van der Waals surface area (Å²) in [5.41, 5.74) is 0.931. The van der Waals surface area contributed by atoms with E-state index in [0.29, 0.717) is 22.2 Å². The molecule has 0 saturated carbocycles. The number of anilines is 2. The molecule has 9 heteroatoms. The highest BCUT2D eigenvalue weighted by Crippen LogP contribution is 2.26. The van der Waals surface area contributed by atoms with Crippen LogP contribution < -0.4 is 10.6 Å². The Hall–Kier alpha value is -1.82. The maximum absolute atomic E-state index is 12.0. The minimum atomic E-state index is -0.173. The van der Waals surface area contributed by atoms with Gasteiger partial charge in [-0.2, -0.15) is 5.26 Å². The van der Waals surface area contributed by atoms with Gasteiger partial charge in [-0.15, -0.1) is 10.2 Å². The van der Waals surface area contributed by atoms with Crippen molar-refractivity contribution in [2.75, 3.05) is 22.9 Å². The molecule has 0 bridgehead atoms. The highest BCUT2D eigenvalue weighted by molar-refractivity contribution is 8.01. The second kappa shape index (κ2) is 8.87. The zero-order chi connectivity index (χ0) is 17.5. The van der Waals surface area contributed by atoms with E-state index in [0.717, 1.165) is 16.0 Å². The molecule has 0 saturated heterocycles. The summed E-state index contributed by atoms with van der Waals surface area (Å²) < 4.78 is 0.731. The summed E-state index contributed by atoms with van der Waals surface area (Å²) in [5, 5.41) is 23.9. The van der Waals surface area contributed by atoms with Gasteiger partial charge in [-0.25, -0.2) is 0 Å². The van der Waals surface area contributed by atoms with Gasteiger partial charge in [0.25, 0.3) is 0 Å². The molecule has 0 aliphatic heterocycles. The molecule has 2 N–H and O–H groups in total. The Labute approximate surface area is 153 Å². The van der Waals surface area contributed by atoms with Crippen molar-refractivity contribution in [2.24, 2.45) is 5.92 Å². The molecule has 0 unspecified atom stereocenters. The normalized spacial score (nSPS) is 10.5. The van der Waals surface area contributed by atoms with Crippen LogP contribution in [0.25, 0.3) is 0 Å². The Morgan fingerprint density at radius 2 is 2.25 bits per heavy atom. The number of nitriles is 1. The molecule has 1 aromatic carbocycles. The third kappa shape index (κ3) is 5.67. The summed E-state index contributed by atoms with van der Waals surface area (Å²) in [5.74, 6) is 0.568. The fraction of sp³-hybridized carbons (Fsp3) is 0.333. The molecule has 1 amide bonds. The molecule has 0 radical (unpaired) electrons. The van der Waals surface area contributed by atoms with Crippen molar-refractivity contribution < 1.29 is 4.79 Å². The molecule has 0 aliphatic rings. The van der Waals surface area contributed by atoms with E-state index in [4.69, 9.17) is 16.9 Å². The van der Waals surface area contributed by atoms with Gasteiger partial charge in [-0.1, -0.05) is 48.5 Å². The lowest BCUT2D eigenvalue weighted by atomic mass is 10.2. The largest absolute Gasteiger partial charge is 0.360 e. The molecular formula is C15H16ClN5OS2. The van der Waals surface area contributed by atoms with Crippen LogP contribution in [0.2, 0.25) is 5.02 Å². The van der Waals surface area contributed by atoms with Gasteiger partial charge in [0, 0.05) is 12.2 Å². The van der Waals surface area contributed by atoms with Crippen molar-refractivity contribution >= 4 is 51.4 Å². The fourth-order valence-corrected chi connectivity index (χ4v) is 3.42. The van der Waals surface area contributed by atoms with E-state index < -0.39 is 0 Å². The molecule has 0 atom stereocenters. The number of benzene rings is 1. The van der Waals surface area contributed by atoms with Gasteiger partial charge in [0.05, 0.1) is 16.3 Å². The average Bonchev–Trinajstić information content (AvgIpc) is 2.99. The summed E-state index contributed by atoms with van der Waals surface area (Å²) in [6.07, 6.45) is 0. The SMILES string of the molecule is CC(C)CNc1nnc(SCC(=O)Nc2ccc(C#N)c(Cl)c2)s1. The first-order chi connectivity index (χ1) is 11.5. The van der Waals surface area contributed by atoms with Crippen molar-refractivity contribution in [2.45, 2.75) is 18.2 Å². The second-order valence-electron chi connectivity index (χ2n) is 5.29. The van der Waals surface area contributed by atoms with E-state index >= 15 is 0 Å². The Bertz CT molecular complexity index is 757. The third-order valence-corrected chi connectivity index (χ3v) is 5.10. The van der Waals surface area contributed by atoms with Gasteiger partial charge in [0.15, 0.2) is 4.34 Å². The first kappa shape index (κ1) is 18.5. The Morgan fingerprint density at radius 1 is 1.46 bits per heavy atom. The molecule has 6 nitrogen and oxygen atoms in total. The molecule has 126 valence electrons. The number of carbonyl (C=O) groups excluding carboxylic acids is 1. The van der Waals surface area contributed by atoms with E-state index in [1.54, 1.807) is 18.2 Å². The van der Waals surface area contributed by atoms with Crippen LogP contribution in [0.15, 0.2) is 22.5 Å². The monoisotopic (exact) mass is 381 g/mol. The van der Waals surface area contributed by atoms with Crippen LogP contribution in [-0.2, 0) is 4.79 Å². The summed E-state index contributed by atoms with van der Waals surface area (Å²) in [6, 6.07) is 6.75. The lowest BCUT2D eigenvalue weighted by molar-refractivity contribution is -0.113. The van der Waals surface area contributed by atoms with Crippen LogP contribution in [0.4, 0.5) is 10.8 Å². The minimum absolute atomic E-state index is 0.173. The van der Waals surface area contributed by atoms with Gasteiger partial charge in [0.1, 0.15) is 6.07 Å². The smallest absolute Gasteiger partial charge is 0.234 e.